The zero-order chi connectivity index (χ0) is 15.7. The maximum Gasteiger partial charge on any atom is 0.0412 e. The van der Waals surface area contributed by atoms with Crippen molar-refractivity contribution in [2.24, 2.45) is 0 Å². The molecule has 0 atom stereocenters. The molecule has 5 heteroatoms. The van der Waals surface area contributed by atoms with Crippen LogP contribution in [0.1, 0.15) is 17.5 Å². The van der Waals surface area contributed by atoms with Gasteiger partial charge in [-0.25, -0.2) is 0 Å². The number of fused-ring (bicyclic) bond motifs is 2. The fraction of sp³-hybridized carbons (Fsp3) is 0.222. The zero-order valence-electron chi connectivity index (χ0n) is 13.0. The second-order valence-corrected chi connectivity index (χ2v) is 7.55. The maximum atomic E-state index is 6.21. The van der Waals surface area contributed by atoms with E-state index in [0.717, 1.165) is 23.0 Å². The van der Waals surface area contributed by atoms with Crippen molar-refractivity contribution in [1.82, 2.24) is 4.90 Å². The molecule has 23 heavy (non-hydrogen) atoms. The molecule has 0 amide bonds. The van der Waals surface area contributed by atoms with Crippen LogP contribution < -0.4 is 0 Å². The Labute approximate surface area is 158 Å². The van der Waals surface area contributed by atoms with E-state index in [0.29, 0.717) is 0 Å². The van der Waals surface area contributed by atoms with E-state index in [-0.39, 0.29) is 12.4 Å². The van der Waals surface area contributed by atoms with Crippen molar-refractivity contribution >= 4 is 52.9 Å². The van der Waals surface area contributed by atoms with Crippen molar-refractivity contribution in [1.29, 1.82) is 0 Å². The molecule has 0 saturated heterocycles. The van der Waals surface area contributed by atoms with Gasteiger partial charge in [0.25, 0.3) is 0 Å². The number of rotatable bonds is 3. The van der Waals surface area contributed by atoms with E-state index in [2.05, 4.69) is 49.3 Å². The van der Waals surface area contributed by atoms with E-state index in [1.165, 1.54) is 26.5 Å². The Balaban J connectivity index is 0.00000192. The first-order valence-corrected chi connectivity index (χ1v) is 8.74. The van der Waals surface area contributed by atoms with Crippen molar-refractivity contribution in [2.45, 2.75) is 16.2 Å². The molecule has 0 spiro atoms. The smallest absolute Gasteiger partial charge is 0.0412 e. The topological polar surface area (TPSA) is 3.24 Å². The lowest BCUT2D eigenvalue weighted by atomic mass is 9.96. The molecular weight excluding hydrogens is 369 g/mol. The third-order valence-electron chi connectivity index (χ3n) is 3.61. The molecule has 1 aliphatic rings. The SMILES string of the molecule is CN(C)CCC=C1c2cc(Cl)ccc2Sc2ccc(Cl)cc21.Cl. The summed E-state index contributed by atoms with van der Waals surface area (Å²) in [4.78, 5) is 4.68. The van der Waals surface area contributed by atoms with Gasteiger partial charge in [-0.3, -0.25) is 0 Å². The molecule has 0 unspecified atom stereocenters. The lowest BCUT2D eigenvalue weighted by molar-refractivity contribution is 0.417. The summed E-state index contributed by atoms with van der Waals surface area (Å²) in [5.74, 6) is 0. The third-order valence-corrected chi connectivity index (χ3v) is 5.23. The summed E-state index contributed by atoms with van der Waals surface area (Å²) in [5, 5.41) is 1.53. The maximum absolute atomic E-state index is 6.21. The Hall–Kier alpha value is -0.640. The summed E-state index contributed by atoms with van der Waals surface area (Å²) in [6.45, 7) is 1.02. The number of hydrogen-bond acceptors (Lipinski definition) is 2. The number of hydrogen-bond donors (Lipinski definition) is 0. The van der Waals surface area contributed by atoms with Gasteiger partial charge in [0, 0.05) is 26.4 Å². The third kappa shape index (κ3) is 4.26. The highest BCUT2D eigenvalue weighted by Crippen LogP contribution is 2.46. The summed E-state index contributed by atoms with van der Waals surface area (Å²) in [7, 11) is 4.18. The van der Waals surface area contributed by atoms with Crippen LogP contribution in [-0.2, 0) is 0 Å². The summed E-state index contributed by atoms with van der Waals surface area (Å²) >= 11 is 14.2. The second-order valence-electron chi connectivity index (χ2n) is 5.59. The Morgan fingerprint density at radius 3 is 1.96 bits per heavy atom. The minimum Gasteiger partial charge on any atom is -0.309 e. The molecule has 1 heterocycles. The summed E-state index contributed by atoms with van der Waals surface area (Å²) in [6, 6.07) is 12.2. The van der Waals surface area contributed by atoms with Crippen molar-refractivity contribution in [2.75, 3.05) is 20.6 Å². The fourth-order valence-electron chi connectivity index (χ4n) is 2.55. The Morgan fingerprint density at radius 1 is 0.957 bits per heavy atom. The lowest BCUT2D eigenvalue weighted by Gasteiger charge is -2.23. The van der Waals surface area contributed by atoms with E-state index >= 15 is 0 Å². The van der Waals surface area contributed by atoms with Crippen LogP contribution in [0.15, 0.2) is 52.3 Å². The molecule has 3 rings (SSSR count). The van der Waals surface area contributed by atoms with Crippen LogP contribution in [0.3, 0.4) is 0 Å². The molecule has 0 N–H and O–H groups in total. The van der Waals surface area contributed by atoms with Gasteiger partial charge in [-0.2, -0.15) is 0 Å². The quantitative estimate of drug-likeness (QED) is 0.522. The molecular formula is C18H18Cl3NS. The standard InChI is InChI=1S/C18H17Cl2NS.ClH/c1-21(2)9-3-4-14-15-10-12(19)5-7-17(15)22-18-8-6-13(20)11-16(14)18;/h4-8,10-11H,3,9H2,1-2H3;1H. The average Bonchev–Trinajstić information content (AvgIpc) is 2.47. The first-order chi connectivity index (χ1) is 10.5. The summed E-state index contributed by atoms with van der Waals surface area (Å²) < 4.78 is 0. The van der Waals surface area contributed by atoms with Gasteiger partial charge >= 0.3 is 0 Å². The molecule has 0 aliphatic carbocycles. The normalized spacial score (nSPS) is 12.5. The molecule has 122 valence electrons. The van der Waals surface area contributed by atoms with Gasteiger partial charge in [-0.05, 0) is 73.6 Å². The van der Waals surface area contributed by atoms with Gasteiger partial charge in [0.05, 0.1) is 0 Å². The van der Waals surface area contributed by atoms with Gasteiger partial charge < -0.3 is 4.90 Å². The van der Waals surface area contributed by atoms with Gasteiger partial charge in [0.2, 0.25) is 0 Å². The van der Waals surface area contributed by atoms with Gasteiger partial charge in [-0.1, -0.05) is 41.0 Å². The Morgan fingerprint density at radius 2 is 1.48 bits per heavy atom. The highest BCUT2D eigenvalue weighted by atomic mass is 35.5. The predicted molar refractivity (Wildman–Crippen MR) is 105 cm³/mol. The largest absolute Gasteiger partial charge is 0.309 e. The fourth-order valence-corrected chi connectivity index (χ4v) is 3.96. The minimum absolute atomic E-state index is 0. The molecule has 2 aromatic carbocycles. The molecule has 0 aromatic heterocycles. The number of nitrogens with zero attached hydrogens (tertiary/aromatic N) is 1. The van der Waals surface area contributed by atoms with Crippen molar-refractivity contribution in [3.63, 3.8) is 0 Å². The van der Waals surface area contributed by atoms with Crippen molar-refractivity contribution in [3.8, 4) is 0 Å². The van der Waals surface area contributed by atoms with Gasteiger partial charge in [0.1, 0.15) is 0 Å². The minimum atomic E-state index is 0. The van der Waals surface area contributed by atoms with Crippen molar-refractivity contribution < 1.29 is 0 Å². The van der Waals surface area contributed by atoms with Crippen LogP contribution in [0.2, 0.25) is 10.0 Å². The van der Waals surface area contributed by atoms with Crippen LogP contribution in [0.5, 0.6) is 0 Å². The predicted octanol–water partition coefficient (Wildman–Crippen LogP) is 6.26. The molecule has 0 radical (unpaired) electrons. The highest BCUT2D eigenvalue weighted by molar-refractivity contribution is 7.99. The van der Waals surface area contributed by atoms with Crippen LogP contribution in [0.4, 0.5) is 0 Å². The monoisotopic (exact) mass is 385 g/mol. The molecule has 1 aliphatic heterocycles. The summed E-state index contributed by atoms with van der Waals surface area (Å²) in [5.41, 5.74) is 3.63. The second kappa shape index (κ2) is 7.96. The van der Waals surface area contributed by atoms with Gasteiger partial charge in [-0.15, -0.1) is 12.4 Å². The average molecular weight is 387 g/mol. The Kier molecular flexibility index (Phi) is 6.47. The van der Waals surface area contributed by atoms with Crippen LogP contribution >= 0.6 is 47.4 Å². The van der Waals surface area contributed by atoms with E-state index in [9.17, 15) is 0 Å². The molecule has 0 saturated carbocycles. The zero-order valence-corrected chi connectivity index (χ0v) is 16.1. The van der Waals surface area contributed by atoms with E-state index in [1.54, 1.807) is 11.8 Å². The van der Waals surface area contributed by atoms with Gasteiger partial charge in [0.15, 0.2) is 0 Å². The highest BCUT2D eigenvalue weighted by Gasteiger charge is 2.21. The van der Waals surface area contributed by atoms with Crippen LogP contribution in [-0.4, -0.2) is 25.5 Å². The van der Waals surface area contributed by atoms with E-state index in [4.69, 9.17) is 23.2 Å². The first kappa shape index (κ1) is 18.7. The Bertz CT molecular complexity index is 688. The first-order valence-electron chi connectivity index (χ1n) is 7.17. The number of halogens is 3. The van der Waals surface area contributed by atoms with E-state index < -0.39 is 0 Å². The number of benzene rings is 2. The molecule has 1 nitrogen and oxygen atoms in total. The van der Waals surface area contributed by atoms with Crippen molar-refractivity contribution in [3.05, 3.63) is 63.6 Å². The van der Waals surface area contributed by atoms with E-state index in [1.807, 2.05) is 12.1 Å². The molecule has 0 fully saturated rings. The molecule has 0 bridgehead atoms. The van der Waals surface area contributed by atoms with Crippen LogP contribution in [0, 0.1) is 0 Å². The molecule has 2 aromatic rings. The van der Waals surface area contributed by atoms with Crippen LogP contribution in [0.25, 0.3) is 5.57 Å². The summed E-state index contributed by atoms with van der Waals surface area (Å²) in [6.07, 6.45) is 3.29. The lowest BCUT2D eigenvalue weighted by Crippen LogP contribution is -2.12.